The number of anilines is 1. The Labute approximate surface area is 156 Å². The first-order valence-electron chi connectivity index (χ1n) is 8.01. The van der Waals surface area contributed by atoms with E-state index in [0.29, 0.717) is 5.69 Å². The second-order valence-corrected chi connectivity index (χ2v) is 8.61. The Balaban J connectivity index is 2.03. The predicted octanol–water partition coefficient (Wildman–Crippen LogP) is 0.792. The summed E-state index contributed by atoms with van der Waals surface area (Å²) >= 11 is 1.16. The van der Waals surface area contributed by atoms with Gasteiger partial charge in [0.05, 0.1) is 4.90 Å². The molecule has 1 aromatic carbocycles. The molecule has 0 radical (unpaired) electrons. The number of rotatable bonds is 8. The van der Waals surface area contributed by atoms with Gasteiger partial charge in [0.2, 0.25) is 15.9 Å². The number of carbonyl (C=O) groups excluding carboxylic acids is 1. The Morgan fingerprint density at radius 2 is 2.04 bits per heavy atom. The predicted molar refractivity (Wildman–Crippen MR) is 102 cm³/mol. The van der Waals surface area contributed by atoms with Crippen molar-refractivity contribution in [2.24, 2.45) is 5.73 Å². The van der Waals surface area contributed by atoms with Crippen molar-refractivity contribution in [1.82, 2.24) is 9.29 Å². The molecule has 2 rings (SSSR count). The lowest BCUT2D eigenvalue weighted by Gasteiger charge is -2.09. The van der Waals surface area contributed by atoms with Crippen molar-refractivity contribution in [1.29, 1.82) is 0 Å². The first kappa shape index (κ1) is 20.3. The molecular formula is C16H22N4O4S2. The molecule has 0 aliphatic rings. The number of nitrogens with one attached hydrogen (secondary N) is 2. The average Bonchev–Trinajstić information content (AvgIpc) is 2.83. The monoisotopic (exact) mass is 398 g/mol. The average molecular weight is 399 g/mol. The molecule has 1 aromatic heterocycles. The topological polar surface area (TPSA) is 123 Å². The van der Waals surface area contributed by atoms with E-state index in [0.717, 1.165) is 21.9 Å². The smallest absolute Gasteiger partial charge is 0.307 e. The number of nitrogens with two attached hydrogens (primary N) is 1. The summed E-state index contributed by atoms with van der Waals surface area (Å²) in [5.41, 5.74) is 6.53. The van der Waals surface area contributed by atoms with Gasteiger partial charge >= 0.3 is 4.87 Å². The van der Waals surface area contributed by atoms with Gasteiger partial charge in [-0.25, -0.2) is 13.1 Å². The highest BCUT2D eigenvalue weighted by molar-refractivity contribution is 7.89. The Bertz CT molecular complexity index is 947. The van der Waals surface area contributed by atoms with E-state index in [-0.39, 0.29) is 41.7 Å². The molecule has 0 aliphatic heterocycles. The molecule has 142 valence electrons. The molecule has 1 heterocycles. The Kier molecular flexibility index (Phi) is 6.70. The van der Waals surface area contributed by atoms with E-state index in [1.54, 1.807) is 16.7 Å². The van der Waals surface area contributed by atoms with Crippen molar-refractivity contribution in [3.05, 3.63) is 44.5 Å². The Hall–Kier alpha value is -2.01. The minimum atomic E-state index is -3.67. The standard InChI is InChI=1S/C16H22N4O4S2/c1-11-12(2)25-16(22)20(11)9-6-15(21)19-13-4-3-5-14(10-13)26(23,24)18-8-7-17/h3-5,10,18H,6-9,17H2,1-2H3,(H,19,21). The summed E-state index contributed by atoms with van der Waals surface area (Å²) in [6.45, 7) is 4.30. The van der Waals surface area contributed by atoms with Crippen LogP contribution in [-0.2, 0) is 21.4 Å². The zero-order valence-electron chi connectivity index (χ0n) is 14.6. The van der Waals surface area contributed by atoms with E-state index in [9.17, 15) is 18.0 Å². The van der Waals surface area contributed by atoms with E-state index >= 15 is 0 Å². The zero-order valence-corrected chi connectivity index (χ0v) is 16.2. The van der Waals surface area contributed by atoms with Gasteiger partial charge in [0.25, 0.3) is 0 Å². The first-order valence-corrected chi connectivity index (χ1v) is 10.3. The molecule has 0 aliphatic carbocycles. The number of sulfonamides is 1. The molecule has 1 amide bonds. The minimum absolute atomic E-state index is 0.0456. The van der Waals surface area contributed by atoms with Gasteiger partial charge in [-0.15, -0.1) is 0 Å². The lowest BCUT2D eigenvalue weighted by atomic mass is 10.3. The molecule has 4 N–H and O–H groups in total. The van der Waals surface area contributed by atoms with E-state index in [2.05, 4.69) is 10.0 Å². The van der Waals surface area contributed by atoms with Crippen molar-refractivity contribution >= 4 is 33.0 Å². The minimum Gasteiger partial charge on any atom is -0.329 e. The van der Waals surface area contributed by atoms with Crippen LogP contribution in [0, 0.1) is 13.8 Å². The lowest BCUT2D eigenvalue weighted by molar-refractivity contribution is -0.116. The van der Waals surface area contributed by atoms with Crippen LogP contribution in [0.25, 0.3) is 0 Å². The summed E-state index contributed by atoms with van der Waals surface area (Å²) in [6, 6.07) is 5.96. The third-order valence-electron chi connectivity index (χ3n) is 3.80. The molecular weight excluding hydrogens is 376 g/mol. The first-order chi connectivity index (χ1) is 12.2. The maximum atomic E-state index is 12.1. The molecule has 26 heavy (non-hydrogen) atoms. The van der Waals surface area contributed by atoms with Crippen LogP contribution in [0.5, 0.6) is 0 Å². The summed E-state index contributed by atoms with van der Waals surface area (Å²) in [5, 5.41) is 2.66. The Morgan fingerprint density at radius 1 is 1.31 bits per heavy atom. The van der Waals surface area contributed by atoms with Gasteiger partial charge in [0.1, 0.15) is 0 Å². The number of aryl methyl sites for hydroxylation is 1. The van der Waals surface area contributed by atoms with Crippen LogP contribution >= 0.6 is 11.3 Å². The van der Waals surface area contributed by atoms with Gasteiger partial charge in [-0.05, 0) is 32.0 Å². The number of thiazole rings is 1. The highest BCUT2D eigenvalue weighted by Crippen LogP contribution is 2.16. The zero-order chi connectivity index (χ0) is 19.3. The van der Waals surface area contributed by atoms with Crippen LogP contribution < -0.4 is 20.6 Å². The fourth-order valence-corrected chi connectivity index (χ4v) is 4.25. The molecule has 2 aromatic rings. The number of nitrogens with zero attached hydrogens (tertiary/aromatic N) is 1. The Morgan fingerprint density at radius 3 is 2.65 bits per heavy atom. The fourth-order valence-electron chi connectivity index (χ4n) is 2.30. The van der Waals surface area contributed by atoms with Crippen molar-refractivity contribution in [2.45, 2.75) is 31.7 Å². The number of aromatic nitrogens is 1. The lowest BCUT2D eigenvalue weighted by Crippen LogP contribution is -2.29. The fraction of sp³-hybridized carbons (Fsp3) is 0.375. The summed E-state index contributed by atoms with van der Waals surface area (Å²) in [5.74, 6) is -0.301. The number of hydrogen-bond acceptors (Lipinski definition) is 6. The molecule has 10 heteroatoms. The molecule has 0 saturated heterocycles. The largest absolute Gasteiger partial charge is 0.329 e. The van der Waals surface area contributed by atoms with Gasteiger partial charge in [-0.1, -0.05) is 17.4 Å². The summed E-state index contributed by atoms with van der Waals surface area (Å²) in [7, 11) is -3.67. The third-order valence-corrected chi connectivity index (χ3v) is 6.26. The van der Waals surface area contributed by atoms with E-state index in [1.165, 1.54) is 12.1 Å². The number of benzene rings is 1. The van der Waals surface area contributed by atoms with Crippen LogP contribution in [0.15, 0.2) is 34.0 Å². The van der Waals surface area contributed by atoms with Gasteiger partial charge in [-0.2, -0.15) is 0 Å². The maximum absolute atomic E-state index is 12.1. The molecule has 0 fully saturated rings. The molecule has 0 spiro atoms. The molecule has 0 bridgehead atoms. The van der Waals surface area contributed by atoms with Crippen LogP contribution in [0.4, 0.5) is 5.69 Å². The maximum Gasteiger partial charge on any atom is 0.307 e. The van der Waals surface area contributed by atoms with E-state index in [1.807, 2.05) is 13.8 Å². The van der Waals surface area contributed by atoms with Gasteiger partial charge < -0.3 is 15.6 Å². The molecule has 0 saturated carbocycles. The second kappa shape index (κ2) is 8.58. The van der Waals surface area contributed by atoms with E-state index < -0.39 is 10.0 Å². The van der Waals surface area contributed by atoms with Crippen LogP contribution in [-0.4, -0.2) is 32.0 Å². The quantitative estimate of drug-likeness (QED) is 0.607. The van der Waals surface area contributed by atoms with Crippen molar-refractivity contribution < 1.29 is 13.2 Å². The van der Waals surface area contributed by atoms with Gasteiger partial charge in [-0.3, -0.25) is 9.59 Å². The SMILES string of the molecule is Cc1sc(=O)n(CCC(=O)Nc2cccc(S(=O)(=O)NCCN)c2)c1C. The highest BCUT2D eigenvalue weighted by atomic mass is 32.2. The van der Waals surface area contributed by atoms with Crippen LogP contribution in [0.3, 0.4) is 0 Å². The van der Waals surface area contributed by atoms with Crippen molar-refractivity contribution in [2.75, 3.05) is 18.4 Å². The molecule has 0 atom stereocenters. The van der Waals surface area contributed by atoms with Gasteiger partial charge in [0, 0.05) is 42.3 Å². The van der Waals surface area contributed by atoms with Gasteiger partial charge in [0.15, 0.2) is 0 Å². The van der Waals surface area contributed by atoms with Crippen LogP contribution in [0.1, 0.15) is 17.0 Å². The summed E-state index contributed by atoms with van der Waals surface area (Å²) < 4.78 is 28.1. The molecule has 0 unspecified atom stereocenters. The number of carbonyl (C=O) groups is 1. The van der Waals surface area contributed by atoms with E-state index in [4.69, 9.17) is 5.73 Å². The van der Waals surface area contributed by atoms with Crippen molar-refractivity contribution in [3.63, 3.8) is 0 Å². The number of hydrogen-bond donors (Lipinski definition) is 3. The summed E-state index contributed by atoms with van der Waals surface area (Å²) in [4.78, 5) is 24.9. The molecule has 8 nitrogen and oxygen atoms in total. The second-order valence-electron chi connectivity index (χ2n) is 5.67. The van der Waals surface area contributed by atoms with Crippen molar-refractivity contribution in [3.8, 4) is 0 Å². The number of amides is 1. The van der Waals surface area contributed by atoms with Crippen LogP contribution in [0.2, 0.25) is 0 Å². The highest BCUT2D eigenvalue weighted by Gasteiger charge is 2.14. The normalized spacial score (nSPS) is 11.5. The third kappa shape index (κ3) is 5.01. The summed E-state index contributed by atoms with van der Waals surface area (Å²) in [6.07, 6.45) is 0.110.